The molecule has 11 rings (SSSR count). The number of urea groups is 2. The molecule has 0 bridgehead atoms. The summed E-state index contributed by atoms with van der Waals surface area (Å²) in [5.41, 5.74) is 5.06. The van der Waals surface area contributed by atoms with Crippen LogP contribution in [0, 0.1) is 25.7 Å². The Kier molecular flexibility index (Phi) is 21.0. The van der Waals surface area contributed by atoms with Gasteiger partial charge in [0.2, 0.25) is 11.8 Å². The summed E-state index contributed by atoms with van der Waals surface area (Å²) in [6.45, 7) is 22.1. The van der Waals surface area contributed by atoms with Gasteiger partial charge in [0.25, 0.3) is 0 Å². The van der Waals surface area contributed by atoms with Crippen LogP contribution in [0.15, 0.2) is 60.7 Å². The van der Waals surface area contributed by atoms with E-state index in [9.17, 15) is 42.6 Å². The van der Waals surface area contributed by atoms with Crippen LogP contribution < -0.4 is 35.7 Å². The molecule has 7 fully saturated rings. The Morgan fingerprint density at radius 1 is 0.644 bits per heavy atom. The van der Waals surface area contributed by atoms with Gasteiger partial charge in [0.1, 0.15) is 23.3 Å². The molecule has 6 amide bonds. The summed E-state index contributed by atoms with van der Waals surface area (Å²) in [4.78, 5) is 70.3. The summed E-state index contributed by atoms with van der Waals surface area (Å²) >= 11 is 6.17. The monoisotopic (exact) mass is 1230 g/mol. The molecule has 9 heterocycles. The molecule has 7 aliphatic heterocycles. The second-order valence-electron chi connectivity index (χ2n) is 24.6. The van der Waals surface area contributed by atoms with E-state index < -0.39 is 55.1 Å². The van der Waals surface area contributed by atoms with Crippen molar-refractivity contribution in [2.75, 3.05) is 122 Å². The number of carbonyl (C=O) groups is 4. The largest absolute Gasteiger partial charge is 0.495 e. The fourth-order valence-electron chi connectivity index (χ4n) is 11.6. The van der Waals surface area contributed by atoms with Crippen molar-refractivity contribution in [1.29, 1.82) is 0 Å². The first kappa shape index (κ1) is 65.2. The standard InChI is InChI=1S/C28H37N5O4.C20H28BF3N2O3.C14H18ClN3O3/c1-3-20-8-9-32(17-20)28(36)29-22-5-4-19(2)24(16-22)21-14-25(31-10-12-37-13-11-31)30-26(15-21)33-18-23(34)6-7-27(33)35;1-13-6-7-15(10-16(13)21-28-18(2,3)19(4,5)29-21)25-17(27)26-9-8-14(12-26)11-20(22,23)24;15-10-7-12(17-3-5-21-6-4-17)16-13(8-10)18-9-11(19)1-2-14(18)20/h4-5,14-16,20,23,34H,3,6-13,17-18H2,1-2H3,(H,29,36);6-7,10,14H,8-9,11-12H2,1-5H3,(H,25,27);7-8,11,19H,1-6,9H2/t20-,23?;14-;/m10./s1. The number of pyridine rings is 2. The summed E-state index contributed by atoms with van der Waals surface area (Å²) in [5.74, 6) is 2.55. The number of amides is 6. The average molecular weight is 1230 g/mol. The number of benzene rings is 2. The average Bonchev–Trinajstić information content (AvgIpc) is 2.33. The minimum atomic E-state index is -4.20. The van der Waals surface area contributed by atoms with Crippen molar-refractivity contribution in [2.45, 2.75) is 129 Å². The van der Waals surface area contributed by atoms with Crippen LogP contribution in [0.25, 0.3) is 11.1 Å². The number of rotatable bonds is 10. The number of hydrogen-bond donors (Lipinski definition) is 4. The number of hydrogen-bond acceptors (Lipinski definition) is 14. The van der Waals surface area contributed by atoms with Gasteiger partial charge in [0.15, 0.2) is 0 Å². The zero-order chi connectivity index (χ0) is 62.4. The lowest BCUT2D eigenvalue weighted by Crippen LogP contribution is -2.43. The number of β-amino-alcohol motifs (C(OH)–C–C–N with tert-alkyl or cyclic N) is 2. The molecule has 472 valence electrons. The van der Waals surface area contributed by atoms with Crippen LogP contribution in [-0.4, -0.2) is 182 Å². The number of piperidine rings is 2. The van der Waals surface area contributed by atoms with E-state index in [0.717, 1.165) is 97.1 Å². The van der Waals surface area contributed by atoms with Crippen LogP contribution in [0.3, 0.4) is 0 Å². The van der Waals surface area contributed by atoms with Crippen LogP contribution in [0.5, 0.6) is 0 Å². The Bertz CT molecular complexity index is 3080. The Morgan fingerprint density at radius 3 is 1.62 bits per heavy atom. The molecule has 0 saturated carbocycles. The van der Waals surface area contributed by atoms with E-state index in [1.54, 1.807) is 29.2 Å². The van der Waals surface area contributed by atoms with Crippen LogP contribution >= 0.6 is 11.6 Å². The second-order valence-corrected chi connectivity index (χ2v) is 25.1. The lowest BCUT2D eigenvalue weighted by molar-refractivity contribution is -0.143. The van der Waals surface area contributed by atoms with Crippen LogP contribution in [0.4, 0.5) is 57.4 Å². The van der Waals surface area contributed by atoms with Crippen molar-refractivity contribution >= 4 is 82.7 Å². The minimum absolute atomic E-state index is 0.0250. The number of aliphatic hydroxyl groups excluding tert-OH is 2. The first-order valence-electron chi connectivity index (χ1n) is 30.4. The van der Waals surface area contributed by atoms with Crippen molar-refractivity contribution in [2.24, 2.45) is 11.8 Å². The predicted molar refractivity (Wildman–Crippen MR) is 330 cm³/mol. The normalized spacial score (nSPS) is 23.1. The van der Waals surface area contributed by atoms with Crippen LogP contribution in [0.1, 0.15) is 97.1 Å². The predicted octanol–water partition coefficient (Wildman–Crippen LogP) is 8.80. The molecular weight excluding hydrogens is 1150 g/mol. The molecule has 2 unspecified atom stereocenters. The Morgan fingerprint density at radius 2 is 1.10 bits per heavy atom. The molecule has 7 saturated heterocycles. The van der Waals surface area contributed by atoms with Gasteiger partial charge in [0.05, 0.1) is 62.9 Å². The molecule has 20 nitrogen and oxygen atoms in total. The highest BCUT2D eigenvalue weighted by Gasteiger charge is 2.52. The van der Waals surface area contributed by atoms with Gasteiger partial charge in [-0.2, -0.15) is 13.2 Å². The maximum absolute atomic E-state index is 12.9. The first-order chi connectivity index (χ1) is 41.3. The number of ether oxygens (including phenoxy) is 2. The zero-order valence-corrected chi connectivity index (χ0v) is 51.7. The number of likely N-dealkylation sites (tertiary alicyclic amines) is 2. The minimum Gasteiger partial charge on any atom is -0.399 e. The molecule has 4 aromatic rings. The van der Waals surface area contributed by atoms with Gasteiger partial charge >= 0.3 is 25.4 Å². The van der Waals surface area contributed by atoms with Crippen LogP contribution in [0.2, 0.25) is 5.02 Å². The Balaban J connectivity index is 0.000000162. The third kappa shape index (κ3) is 16.7. The molecule has 4 atom stereocenters. The van der Waals surface area contributed by atoms with Crippen molar-refractivity contribution in [3.05, 3.63) is 76.8 Å². The van der Waals surface area contributed by atoms with E-state index in [1.165, 1.54) is 9.80 Å². The van der Waals surface area contributed by atoms with Gasteiger partial charge < -0.3 is 59.2 Å². The summed E-state index contributed by atoms with van der Waals surface area (Å²) < 4.78 is 60.8. The third-order valence-electron chi connectivity index (χ3n) is 17.6. The highest BCUT2D eigenvalue weighted by molar-refractivity contribution is 6.62. The number of halogens is 4. The number of morpholine rings is 2. The third-order valence-corrected chi connectivity index (χ3v) is 17.9. The molecule has 87 heavy (non-hydrogen) atoms. The highest BCUT2D eigenvalue weighted by atomic mass is 35.5. The van der Waals surface area contributed by atoms with E-state index in [0.29, 0.717) is 93.3 Å². The SMILES string of the molecule is CC[C@@H]1CCN(C(=O)Nc2ccc(C)c(-c3cc(N4CCOCC4)nc(N4CC(O)CCC4=O)c3)c2)C1.Cc1ccc(NC(=O)N2CC[C@@H](CC(F)(F)F)C2)cc1B1OC(C)(C)C(C)(C)O1.O=C1CCC(O)CN1c1cc(Cl)cc(N2CCOCC2)n1. The lowest BCUT2D eigenvalue weighted by Gasteiger charge is -2.32. The fraction of sp³-hybridized carbons (Fsp3) is 0.581. The molecular formula is C62H83BClF3N10O10. The number of aliphatic hydroxyl groups is 2. The summed E-state index contributed by atoms with van der Waals surface area (Å²) in [5, 5.41) is 26.4. The number of aromatic nitrogens is 2. The zero-order valence-electron chi connectivity index (χ0n) is 51.0. The van der Waals surface area contributed by atoms with Gasteiger partial charge in [-0.3, -0.25) is 19.4 Å². The molecule has 2 aromatic heterocycles. The van der Waals surface area contributed by atoms with Gasteiger partial charge in [-0.05, 0) is 150 Å². The quantitative estimate of drug-likeness (QED) is 0.109. The molecule has 2 aromatic carbocycles. The van der Waals surface area contributed by atoms with E-state index in [-0.39, 0.29) is 37.5 Å². The fourth-order valence-corrected chi connectivity index (χ4v) is 11.8. The smallest absolute Gasteiger partial charge is 0.399 e. The van der Waals surface area contributed by atoms with Gasteiger partial charge in [-0.15, -0.1) is 0 Å². The number of anilines is 6. The lowest BCUT2D eigenvalue weighted by atomic mass is 9.76. The van der Waals surface area contributed by atoms with Crippen molar-refractivity contribution in [1.82, 2.24) is 19.8 Å². The number of alkyl halides is 3. The van der Waals surface area contributed by atoms with Crippen LogP contribution in [-0.2, 0) is 28.4 Å². The van der Waals surface area contributed by atoms with E-state index in [1.807, 2.05) is 82.8 Å². The van der Waals surface area contributed by atoms with Gasteiger partial charge in [-0.1, -0.05) is 42.6 Å². The van der Waals surface area contributed by atoms with Crippen molar-refractivity contribution in [3.8, 4) is 11.1 Å². The number of nitrogens with one attached hydrogen (secondary N) is 2. The maximum atomic E-state index is 12.9. The number of nitrogens with zero attached hydrogens (tertiary/aromatic N) is 8. The Hall–Kier alpha value is -6.28. The Labute approximate surface area is 513 Å². The number of carbonyl (C=O) groups excluding carboxylic acids is 4. The van der Waals surface area contributed by atoms with Crippen molar-refractivity contribution in [3.63, 3.8) is 0 Å². The van der Waals surface area contributed by atoms with Gasteiger partial charge in [0, 0.05) is 88.0 Å². The molecule has 7 aliphatic rings. The highest BCUT2D eigenvalue weighted by Crippen LogP contribution is 2.38. The molecule has 4 N–H and O–H groups in total. The molecule has 0 aliphatic carbocycles. The second kappa shape index (κ2) is 28.0. The topological polar surface area (TPSA) is 215 Å². The first-order valence-corrected chi connectivity index (χ1v) is 30.8. The maximum Gasteiger partial charge on any atom is 0.495 e. The van der Waals surface area contributed by atoms with E-state index in [2.05, 4.69) is 32.3 Å². The summed E-state index contributed by atoms with van der Waals surface area (Å²) in [6.07, 6.45) is -2.00. The van der Waals surface area contributed by atoms with E-state index >= 15 is 0 Å². The summed E-state index contributed by atoms with van der Waals surface area (Å²) in [6, 6.07) is 18.3. The summed E-state index contributed by atoms with van der Waals surface area (Å²) in [7, 11) is -0.556. The van der Waals surface area contributed by atoms with Crippen molar-refractivity contribution < 1.29 is 61.3 Å². The molecule has 25 heteroatoms. The number of aryl methyl sites for hydroxylation is 2. The molecule has 0 spiro atoms. The van der Waals surface area contributed by atoms with E-state index in [4.69, 9.17) is 35.4 Å². The molecule has 0 radical (unpaired) electrons. The van der Waals surface area contributed by atoms with Gasteiger partial charge in [-0.25, -0.2) is 19.6 Å².